The predicted molar refractivity (Wildman–Crippen MR) is 135 cm³/mol. The number of Topliss-reactive ketones (excluding diaryl/α,β-unsaturated/α-hetero) is 1. The number of anilines is 1. The first-order valence-electron chi connectivity index (χ1n) is 11.9. The molecule has 5 heteroatoms. The van der Waals surface area contributed by atoms with E-state index >= 15 is 0 Å². The molecule has 4 nitrogen and oxygen atoms in total. The number of nitrogen functional groups attached to an aromatic ring is 1. The summed E-state index contributed by atoms with van der Waals surface area (Å²) < 4.78 is 18.9. The number of carbonyl (C=O) groups excluding carboxylic acids is 1. The molecule has 34 heavy (non-hydrogen) atoms. The minimum Gasteiger partial charge on any atom is -0.485 e. The van der Waals surface area contributed by atoms with Gasteiger partial charge in [0.2, 0.25) is 0 Å². The van der Waals surface area contributed by atoms with E-state index in [1.54, 1.807) is 0 Å². The van der Waals surface area contributed by atoms with Crippen LogP contribution in [0.2, 0.25) is 0 Å². The smallest absolute Gasteiger partial charge is 0.184 e. The van der Waals surface area contributed by atoms with Gasteiger partial charge < -0.3 is 10.5 Å². The molecule has 0 radical (unpaired) electrons. The van der Waals surface area contributed by atoms with Gasteiger partial charge in [0.25, 0.3) is 0 Å². The van der Waals surface area contributed by atoms with Crippen molar-refractivity contribution in [3.8, 4) is 5.75 Å². The number of nitrogens with zero attached hydrogens (tertiary/aromatic N) is 1. The van der Waals surface area contributed by atoms with E-state index in [2.05, 4.69) is 29.2 Å². The lowest BCUT2D eigenvalue weighted by molar-refractivity contribution is -0.122. The predicted octanol–water partition coefficient (Wildman–Crippen LogP) is 5.44. The zero-order valence-corrected chi connectivity index (χ0v) is 20.0. The second kappa shape index (κ2) is 10.8. The lowest BCUT2D eigenvalue weighted by Crippen LogP contribution is -2.38. The average molecular weight is 461 g/mol. The number of nitrogens with two attached hydrogens (primary N) is 1. The van der Waals surface area contributed by atoms with Crippen LogP contribution in [0.15, 0.2) is 60.7 Å². The van der Waals surface area contributed by atoms with Crippen LogP contribution in [0.3, 0.4) is 0 Å². The molecular formula is C29H33FN2O2. The third-order valence-electron chi connectivity index (χ3n) is 6.71. The van der Waals surface area contributed by atoms with Crippen molar-refractivity contribution in [1.29, 1.82) is 0 Å². The molecule has 0 bridgehead atoms. The molecule has 1 heterocycles. The fraction of sp³-hybridized carbons (Fsp3) is 0.345. The number of halogens is 1. The molecular weight excluding hydrogens is 427 g/mol. The van der Waals surface area contributed by atoms with Gasteiger partial charge in [0.1, 0.15) is 18.2 Å². The van der Waals surface area contributed by atoms with E-state index in [0.717, 1.165) is 60.5 Å². The second-order valence-electron chi connectivity index (χ2n) is 9.40. The van der Waals surface area contributed by atoms with Crippen LogP contribution in [-0.4, -0.2) is 36.9 Å². The number of benzene rings is 3. The van der Waals surface area contributed by atoms with Gasteiger partial charge in [-0.1, -0.05) is 36.4 Å². The van der Waals surface area contributed by atoms with Crippen molar-refractivity contribution in [1.82, 2.24) is 4.90 Å². The molecule has 0 amide bonds. The number of likely N-dealkylation sites (tertiary alicyclic amines) is 1. The summed E-state index contributed by atoms with van der Waals surface area (Å²) in [4.78, 5) is 14.7. The molecule has 178 valence electrons. The number of aryl methyl sites for hydroxylation is 2. The van der Waals surface area contributed by atoms with Crippen molar-refractivity contribution in [2.75, 3.05) is 32.0 Å². The van der Waals surface area contributed by atoms with E-state index in [9.17, 15) is 9.18 Å². The highest BCUT2D eigenvalue weighted by Crippen LogP contribution is 2.29. The number of piperidine rings is 1. The van der Waals surface area contributed by atoms with Crippen LogP contribution < -0.4 is 10.5 Å². The Bertz CT molecular complexity index is 1120. The van der Waals surface area contributed by atoms with Crippen LogP contribution >= 0.6 is 0 Å². The van der Waals surface area contributed by atoms with E-state index < -0.39 is 0 Å². The van der Waals surface area contributed by atoms with Crippen molar-refractivity contribution < 1.29 is 13.9 Å². The van der Waals surface area contributed by atoms with E-state index in [1.165, 1.54) is 23.3 Å². The van der Waals surface area contributed by atoms with Crippen LogP contribution in [0.25, 0.3) is 0 Å². The largest absolute Gasteiger partial charge is 0.485 e. The molecule has 1 aliphatic heterocycles. The van der Waals surface area contributed by atoms with Gasteiger partial charge in [-0.3, -0.25) is 9.69 Å². The van der Waals surface area contributed by atoms with Crippen LogP contribution in [0.5, 0.6) is 5.75 Å². The molecule has 0 aromatic heterocycles. The standard InChI is InChI=1S/C29H33FN2O2/c1-20-16-29(21(2)15-28(20)31)34-19-27(33)18-32-13-11-25(12-14-32)24-7-3-22(4-8-24)17-23-5-9-26(30)10-6-23/h3-10,15-16,25H,11-14,17-19,31H2,1-2H3. The second-order valence-corrected chi connectivity index (χ2v) is 9.40. The third-order valence-corrected chi connectivity index (χ3v) is 6.71. The number of hydrogen-bond acceptors (Lipinski definition) is 4. The van der Waals surface area contributed by atoms with E-state index in [0.29, 0.717) is 12.5 Å². The maximum Gasteiger partial charge on any atom is 0.184 e. The molecule has 0 unspecified atom stereocenters. The maximum absolute atomic E-state index is 13.1. The lowest BCUT2D eigenvalue weighted by atomic mass is 9.88. The fourth-order valence-corrected chi connectivity index (χ4v) is 4.59. The van der Waals surface area contributed by atoms with Gasteiger partial charge in [-0.25, -0.2) is 4.39 Å². The monoisotopic (exact) mass is 460 g/mol. The summed E-state index contributed by atoms with van der Waals surface area (Å²) >= 11 is 0. The summed E-state index contributed by atoms with van der Waals surface area (Å²) in [5.74, 6) is 1.13. The Kier molecular flexibility index (Phi) is 7.63. The Morgan fingerprint density at radius 2 is 1.59 bits per heavy atom. The molecule has 1 fully saturated rings. The molecule has 0 atom stereocenters. The van der Waals surface area contributed by atoms with Crippen LogP contribution in [0.1, 0.15) is 46.6 Å². The minimum absolute atomic E-state index is 0.0830. The first kappa shape index (κ1) is 24.0. The summed E-state index contributed by atoms with van der Waals surface area (Å²) in [5.41, 5.74) is 12.3. The fourth-order valence-electron chi connectivity index (χ4n) is 4.59. The molecule has 0 saturated carbocycles. The molecule has 3 aromatic carbocycles. The summed E-state index contributed by atoms with van der Waals surface area (Å²) in [6.07, 6.45) is 2.89. The number of ether oxygens (including phenoxy) is 1. The van der Waals surface area contributed by atoms with Gasteiger partial charge in [-0.15, -0.1) is 0 Å². The minimum atomic E-state index is -0.202. The molecule has 3 aromatic rings. The summed E-state index contributed by atoms with van der Waals surface area (Å²) in [5, 5.41) is 0. The Labute approximate surface area is 201 Å². The van der Waals surface area contributed by atoms with Crippen LogP contribution in [0.4, 0.5) is 10.1 Å². The topological polar surface area (TPSA) is 55.6 Å². The normalized spacial score (nSPS) is 14.8. The van der Waals surface area contributed by atoms with Crippen molar-refractivity contribution in [2.24, 2.45) is 0 Å². The molecule has 0 aliphatic carbocycles. The summed E-state index contributed by atoms with van der Waals surface area (Å²) in [7, 11) is 0. The van der Waals surface area contributed by atoms with E-state index in [1.807, 2.05) is 38.1 Å². The number of rotatable bonds is 8. The SMILES string of the molecule is Cc1cc(OCC(=O)CN2CCC(c3ccc(Cc4ccc(F)cc4)cc3)CC2)c(C)cc1N. The highest BCUT2D eigenvalue weighted by Gasteiger charge is 2.22. The van der Waals surface area contributed by atoms with Crippen molar-refractivity contribution in [2.45, 2.75) is 39.0 Å². The van der Waals surface area contributed by atoms with Crippen molar-refractivity contribution >= 4 is 11.5 Å². The third kappa shape index (κ3) is 6.23. The Balaban J connectivity index is 1.22. The van der Waals surface area contributed by atoms with E-state index in [4.69, 9.17) is 10.5 Å². The molecule has 1 aliphatic rings. The zero-order valence-electron chi connectivity index (χ0n) is 20.0. The quantitative estimate of drug-likeness (QED) is 0.455. The summed E-state index contributed by atoms with van der Waals surface area (Å²) in [6.45, 7) is 6.21. The Morgan fingerprint density at radius 1 is 0.971 bits per heavy atom. The molecule has 1 saturated heterocycles. The summed E-state index contributed by atoms with van der Waals surface area (Å²) in [6, 6.07) is 19.3. The first-order valence-corrected chi connectivity index (χ1v) is 11.9. The molecule has 4 rings (SSSR count). The number of carbonyl (C=O) groups is 1. The average Bonchev–Trinajstić information content (AvgIpc) is 2.83. The first-order chi connectivity index (χ1) is 16.4. The lowest BCUT2D eigenvalue weighted by Gasteiger charge is -2.31. The van der Waals surface area contributed by atoms with Crippen molar-refractivity contribution in [3.63, 3.8) is 0 Å². The zero-order chi connectivity index (χ0) is 24.1. The number of hydrogen-bond donors (Lipinski definition) is 1. The highest BCUT2D eigenvalue weighted by molar-refractivity contribution is 5.82. The number of ketones is 1. The van der Waals surface area contributed by atoms with E-state index in [-0.39, 0.29) is 18.2 Å². The van der Waals surface area contributed by atoms with Gasteiger partial charge in [-0.05, 0) is 104 Å². The Morgan fingerprint density at radius 3 is 2.24 bits per heavy atom. The van der Waals surface area contributed by atoms with Gasteiger partial charge in [0.05, 0.1) is 6.54 Å². The van der Waals surface area contributed by atoms with Gasteiger partial charge in [0, 0.05) is 5.69 Å². The van der Waals surface area contributed by atoms with Crippen LogP contribution in [-0.2, 0) is 11.2 Å². The molecule has 2 N–H and O–H groups in total. The molecule has 0 spiro atoms. The van der Waals surface area contributed by atoms with Gasteiger partial charge in [-0.2, -0.15) is 0 Å². The Hall–Kier alpha value is -3.18. The van der Waals surface area contributed by atoms with Crippen molar-refractivity contribution in [3.05, 3.63) is 94.3 Å². The van der Waals surface area contributed by atoms with Gasteiger partial charge in [0.15, 0.2) is 5.78 Å². The maximum atomic E-state index is 13.1. The highest BCUT2D eigenvalue weighted by atomic mass is 19.1. The van der Waals surface area contributed by atoms with Gasteiger partial charge >= 0.3 is 0 Å². The van der Waals surface area contributed by atoms with Crippen LogP contribution in [0, 0.1) is 19.7 Å².